The van der Waals surface area contributed by atoms with Gasteiger partial charge in [-0.15, -0.1) is 0 Å². The molecule has 3 N–H and O–H groups in total. The second-order valence-corrected chi connectivity index (χ2v) is 13.3. The number of aliphatic hydroxyl groups excluding tert-OH is 1. The van der Waals surface area contributed by atoms with Crippen molar-refractivity contribution >= 4 is 16.0 Å². The molecular weight excluding hydrogens is 570 g/mol. The van der Waals surface area contributed by atoms with E-state index in [4.69, 9.17) is 0 Å². The van der Waals surface area contributed by atoms with Gasteiger partial charge in [0.2, 0.25) is 5.91 Å². The molecule has 0 saturated heterocycles. The molecule has 44 heavy (non-hydrogen) atoms. The first-order chi connectivity index (χ1) is 21.3. The summed E-state index contributed by atoms with van der Waals surface area (Å²) < 4.78 is 32.2. The van der Waals surface area contributed by atoms with Crippen LogP contribution in [0.25, 0.3) is 0 Å². The molecule has 0 heterocycles. The SMILES string of the molecule is CCCCC/C=C\C/C=C\C/C=C\CCCCCCCCC(=O)NC(CS(=O)(=O)O)C(O)/C=C/CC/C=C/CCCCCC. The summed E-state index contributed by atoms with van der Waals surface area (Å²) in [5, 5.41) is 13.1. The molecule has 2 unspecified atom stereocenters. The predicted molar refractivity (Wildman–Crippen MR) is 188 cm³/mol. The highest BCUT2D eigenvalue weighted by Crippen LogP contribution is 2.10. The Morgan fingerprint density at radius 1 is 0.614 bits per heavy atom. The first-order valence-electron chi connectivity index (χ1n) is 17.5. The second-order valence-electron chi connectivity index (χ2n) is 11.8. The molecule has 0 rings (SSSR count). The Morgan fingerprint density at radius 2 is 1.05 bits per heavy atom. The van der Waals surface area contributed by atoms with Gasteiger partial charge in [0, 0.05) is 6.42 Å². The van der Waals surface area contributed by atoms with E-state index in [-0.39, 0.29) is 12.3 Å². The van der Waals surface area contributed by atoms with Gasteiger partial charge < -0.3 is 10.4 Å². The Labute approximate surface area is 271 Å². The molecule has 6 nitrogen and oxygen atoms in total. The summed E-state index contributed by atoms with van der Waals surface area (Å²) in [5.74, 6) is -1.03. The van der Waals surface area contributed by atoms with Crippen LogP contribution in [-0.4, -0.2) is 41.9 Å². The smallest absolute Gasteiger partial charge is 0.267 e. The minimum absolute atomic E-state index is 0.270. The van der Waals surface area contributed by atoms with E-state index in [1.165, 1.54) is 70.3 Å². The Kier molecular flexibility index (Phi) is 29.7. The Bertz CT molecular complexity index is 920. The maximum atomic E-state index is 12.4. The van der Waals surface area contributed by atoms with Crippen molar-refractivity contribution in [3.8, 4) is 0 Å². The first-order valence-corrected chi connectivity index (χ1v) is 19.1. The predicted octanol–water partition coefficient (Wildman–Crippen LogP) is 9.73. The van der Waals surface area contributed by atoms with E-state index < -0.39 is 28.0 Å². The van der Waals surface area contributed by atoms with Gasteiger partial charge in [-0.25, -0.2) is 0 Å². The van der Waals surface area contributed by atoms with Gasteiger partial charge in [0.05, 0.1) is 17.9 Å². The average Bonchev–Trinajstić information content (AvgIpc) is 2.98. The Morgan fingerprint density at radius 3 is 1.64 bits per heavy atom. The minimum Gasteiger partial charge on any atom is -0.387 e. The normalized spacial score (nSPS) is 14.2. The molecule has 2 atom stereocenters. The molecule has 1 amide bonds. The van der Waals surface area contributed by atoms with Crippen LogP contribution >= 0.6 is 0 Å². The molecule has 0 aliphatic heterocycles. The maximum Gasteiger partial charge on any atom is 0.267 e. The van der Waals surface area contributed by atoms with E-state index in [1.807, 2.05) is 0 Å². The summed E-state index contributed by atoms with van der Waals surface area (Å²) >= 11 is 0. The third kappa shape index (κ3) is 31.5. The number of rotatable bonds is 30. The largest absolute Gasteiger partial charge is 0.387 e. The number of hydrogen-bond donors (Lipinski definition) is 3. The van der Waals surface area contributed by atoms with Crippen molar-refractivity contribution in [3.63, 3.8) is 0 Å². The third-order valence-corrected chi connectivity index (χ3v) is 8.20. The van der Waals surface area contributed by atoms with E-state index >= 15 is 0 Å². The highest BCUT2D eigenvalue weighted by atomic mass is 32.2. The molecule has 0 aromatic carbocycles. The molecule has 0 aliphatic rings. The quantitative estimate of drug-likeness (QED) is 0.0414. The molecule has 0 aromatic heterocycles. The molecule has 0 saturated carbocycles. The summed E-state index contributed by atoms with van der Waals surface area (Å²) in [5.41, 5.74) is 0. The van der Waals surface area contributed by atoms with Gasteiger partial charge in [-0.3, -0.25) is 9.35 Å². The van der Waals surface area contributed by atoms with Crippen LogP contribution in [0.4, 0.5) is 0 Å². The zero-order chi connectivity index (χ0) is 32.6. The van der Waals surface area contributed by atoms with Crippen LogP contribution in [0.1, 0.15) is 149 Å². The van der Waals surface area contributed by atoms with E-state index in [2.05, 4.69) is 67.8 Å². The van der Waals surface area contributed by atoms with Crippen molar-refractivity contribution in [1.82, 2.24) is 5.32 Å². The first kappa shape index (κ1) is 42.0. The van der Waals surface area contributed by atoms with Crippen LogP contribution in [0.3, 0.4) is 0 Å². The van der Waals surface area contributed by atoms with Gasteiger partial charge in [-0.1, -0.05) is 132 Å². The molecule has 0 fully saturated rings. The van der Waals surface area contributed by atoms with E-state index in [0.717, 1.165) is 51.4 Å². The topological polar surface area (TPSA) is 104 Å². The number of unbranched alkanes of at least 4 members (excludes halogenated alkanes) is 14. The number of carbonyl (C=O) groups excluding carboxylic acids is 1. The Balaban J connectivity index is 4.04. The highest BCUT2D eigenvalue weighted by Gasteiger charge is 2.24. The van der Waals surface area contributed by atoms with E-state index in [0.29, 0.717) is 12.8 Å². The van der Waals surface area contributed by atoms with Gasteiger partial charge in [0.25, 0.3) is 10.1 Å². The fourth-order valence-corrected chi connectivity index (χ4v) is 5.50. The summed E-state index contributed by atoms with van der Waals surface area (Å²) in [6.45, 7) is 4.43. The van der Waals surface area contributed by atoms with Gasteiger partial charge in [-0.05, 0) is 70.6 Å². The van der Waals surface area contributed by atoms with Crippen LogP contribution in [0.5, 0.6) is 0 Å². The monoisotopic (exact) mass is 635 g/mol. The zero-order valence-corrected chi connectivity index (χ0v) is 28.8. The van der Waals surface area contributed by atoms with Gasteiger partial charge >= 0.3 is 0 Å². The molecule has 254 valence electrons. The lowest BCUT2D eigenvalue weighted by Crippen LogP contribution is -2.46. The Hall–Kier alpha value is -1.96. The van der Waals surface area contributed by atoms with Crippen molar-refractivity contribution in [2.24, 2.45) is 0 Å². The molecule has 0 bridgehead atoms. The van der Waals surface area contributed by atoms with E-state index in [1.54, 1.807) is 6.08 Å². The molecule has 0 aliphatic carbocycles. The fourth-order valence-electron chi connectivity index (χ4n) is 4.76. The van der Waals surface area contributed by atoms with Crippen LogP contribution in [0, 0.1) is 0 Å². The van der Waals surface area contributed by atoms with Crippen molar-refractivity contribution in [2.45, 2.75) is 161 Å². The molecule has 0 radical (unpaired) electrons. The van der Waals surface area contributed by atoms with Crippen LogP contribution in [-0.2, 0) is 14.9 Å². The van der Waals surface area contributed by atoms with E-state index in [9.17, 15) is 22.9 Å². The number of aliphatic hydroxyl groups is 1. The standard InChI is InChI=1S/C37H65NO5S/c1-3-5-7-9-11-13-15-16-17-18-19-20-21-22-23-25-27-29-31-33-37(40)38-35(34-44(41,42)43)36(39)32-30-28-26-24-14-12-10-8-6-4-2/h11,13-14,16-17,19-20,24,30,32,35-36,39H,3-10,12,15,18,21-23,25-29,31,33-34H2,1-2H3,(H,38,40)(H,41,42,43)/b13-11-,17-16-,20-19-,24-14+,32-30+. The third-order valence-electron chi connectivity index (χ3n) is 7.42. The zero-order valence-electron chi connectivity index (χ0n) is 28.0. The molecular formula is C37H65NO5S. The number of hydrogen-bond acceptors (Lipinski definition) is 4. The van der Waals surface area contributed by atoms with Crippen molar-refractivity contribution in [1.29, 1.82) is 0 Å². The van der Waals surface area contributed by atoms with Crippen LogP contribution in [0.2, 0.25) is 0 Å². The minimum atomic E-state index is -4.35. The number of amides is 1. The van der Waals surface area contributed by atoms with Crippen LogP contribution in [0.15, 0.2) is 60.8 Å². The van der Waals surface area contributed by atoms with Gasteiger partial charge in [0.1, 0.15) is 0 Å². The summed E-state index contributed by atoms with van der Waals surface area (Å²) in [7, 11) is -4.35. The maximum absolute atomic E-state index is 12.4. The lowest BCUT2D eigenvalue weighted by Gasteiger charge is -2.21. The van der Waals surface area contributed by atoms with Crippen LogP contribution < -0.4 is 5.32 Å². The van der Waals surface area contributed by atoms with Crippen molar-refractivity contribution < 1.29 is 22.9 Å². The molecule has 0 aromatic rings. The van der Waals surface area contributed by atoms with Gasteiger partial charge in [-0.2, -0.15) is 8.42 Å². The second kappa shape index (κ2) is 31.0. The lowest BCUT2D eigenvalue weighted by atomic mass is 10.1. The molecule has 7 heteroatoms. The highest BCUT2D eigenvalue weighted by molar-refractivity contribution is 7.85. The number of allylic oxidation sites excluding steroid dienone is 9. The summed E-state index contributed by atoms with van der Waals surface area (Å²) in [4.78, 5) is 12.4. The van der Waals surface area contributed by atoms with Gasteiger partial charge in [0.15, 0.2) is 0 Å². The lowest BCUT2D eigenvalue weighted by molar-refractivity contribution is -0.122. The summed E-state index contributed by atoms with van der Waals surface area (Å²) in [6.07, 6.45) is 42.0. The fraction of sp³-hybridized carbons (Fsp3) is 0.703. The van der Waals surface area contributed by atoms with Crippen molar-refractivity contribution in [3.05, 3.63) is 60.8 Å². The summed E-state index contributed by atoms with van der Waals surface area (Å²) in [6, 6.07) is -1.08. The van der Waals surface area contributed by atoms with Crippen molar-refractivity contribution in [2.75, 3.05) is 5.75 Å². The molecule has 0 spiro atoms. The average molecular weight is 636 g/mol. The number of carbonyl (C=O) groups is 1. The number of nitrogens with one attached hydrogen (secondary N) is 1.